The van der Waals surface area contributed by atoms with Crippen molar-refractivity contribution in [3.63, 3.8) is 0 Å². The molecule has 0 bridgehead atoms. The molecule has 0 aliphatic carbocycles. The quantitative estimate of drug-likeness (QED) is 0.599. The lowest BCUT2D eigenvalue weighted by Crippen LogP contribution is -2.13. The Hall–Kier alpha value is -3.17. The molecule has 3 aromatic rings. The molecular weight excluding hydrogens is 364 g/mol. The highest BCUT2D eigenvalue weighted by Gasteiger charge is 2.10. The van der Waals surface area contributed by atoms with Gasteiger partial charge >= 0.3 is 0 Å². The molecule has 0 aliphatic rings. The topological polar surface area (TPSA) is 113 Å². The summed E-state index contributed by atoms with van der Waals surface area (Å²) in [5, 5.41) is 11.3. The van der Waals surface area contributed by atoms with E-state index in [9.17, 15) is 8.42 Å². The van der Waals surface area contributed by atoms with Gasteiger partial charge in [-0.1, -0.05) is 6.07 Å². The Morgan fingerprint density at radius 1 is 1.04 bits per heavy atom. The lowest BCUT2D eigenvalue weighted by Gasteiger charge is -2.19. The number of anilines is 5. The molecule has 0 aliphatic heterocycles. The number of nitrogens with zero attached hydrogens (tertiary/aromatic N) is 3. The zero-order valence-electron chi connectivity index (χ0n) is 14.9. The van der Waals surface area contributed by atoms with Crippen molar-refractivity contribution in [2.75, 3.05) is 29.6 Å². The van der Waals surface area contributed by atoms with Crippen LogP contribution < -0.4 is 20.7 Å². The average molecular weight is 384 g/mol. The molecule has 0 radical (unpaired) electrons. The number of nitrogens with one attached hydrogen (secondary N) is 2. The van der Waals surface area contributed by atoms with E-state index < -0.39 is 10.0 Å². The molecular formula is C18H20N6O2S. The molecule has 8 nitrogen and oxygen atoms in total. The largest absolute Gasteiger partial charge is 0.388 e. The Bertz CT molecular complexity index is 1040. The minimum Gasteiger partial charge on any atom is -0.388 e. The van der Waals surface area contributed by atoms with Crippen LogP contribution in [-0.4, -0.2) is 32.5 Å². The summed E-state index contributed by atoms with van der Waals surface area (Å²) in [6.07, 6.45) is 1.63. The van der Waals surface area contributed by atoms with E-state index in [1.807, 2.05) is 43.3 Å². The number of benzene rings is 2. The van der Waals surface area contributed by atoms with Gasteiger partial charge in [-0.3, -0.25) is 0 Å². The summed E-state index contributed by atoms with van der Waals surface area (Å²) in [6.45, 7) is 0. The van der Waals surface area contributed by atoms with Gasteiger partial charge in [-0.15, -0.1) is 0 Å². The predicted molar refractivity (Wildman–Crippen MR) is 107 cm³/mol. The van der Waals surface area contributed by atoms with Crippen molar-refractivity contribution in [2.45, 2.75) is 4.90 Å². The summed E-state index contributed by atoms with van der Waals surface area (Å²) in [5.74, 6) is 1.03. The Morgan fingerprint density at radius 2 is 1.78 bits per heavy atom. The fourth-order valence-corrected chi connectivity index (χ4v) is 3.02. The molecule has 140 valence electrons. The van der Waals surface area contributed by atoms with Crippen LogP contribution in [0.4, 0.5) is 28.8 Å². The molecule has 9 heteroatoms. The van der Waals surface area contributed by atoms with Gasteiger partial charge in [-0.2, -0.15) is 4.98 Å². The maximum Gasteiger partial charge on any atom is 0.238 e. The maximum atomic E-state index is 11.5. The summed E-state index contributed by atoms with van der Waals surface area (Å²) in [6, 6.07) is 15.9. The zero-order valence-corrected chi connectivity index (χ0v) is 15.7. The number of hydrogen-bond acceptors (Lipinski definition) is 7. The van der Waals surface area contributed by atoms with Gasteiger partial charge in [0.2, 0.25) is 16.0 Å². The summed E-state index contributed by atoms with van der Waals surface area (Å²) in [5.41, 5.74) is 2.52. The van der Waals surface area contributed by atoms with Crippen LogP contribution in [0.1, 0.15) is 0 Å². The maximum absolute atomic E-state index is 11.5. The zero-order chi connectivity index (χ0) is 19.4. The molecule has 0 saturated carbocycles. The first-order valence-corrected chi connectivity index (χ1v) is 9.66. The summed E-state index contributed by atoms with van der Waals surface area (Å²) >= 11 is 0. The molecule has 0 amide bonds. The Labute approximate surface area is 158 Å². The molecule has 2 aromatic carbocycles. The molecule has 0 fully saturated rings. The summed E-state index contributed by atoms with van der Waals surface area (Å²) < 4.78 is 23.0. The smallest absolute Gasteiger partial charge is 0.238 e. The van der Waals surface area contributed by atoms with Gasteiger partial charge in [0.25, 0.3) is 0 Å². The summed E-state index contributed by atoms with van der Waals surface area (Å²) in [7, 11) is -0.00328. The molecule has 3 rings (SSSR count). The highest BCUT2D eigenvalue weighted by Crippen LogP contribution is 2.24. The van der Waals surface area contributed by atoms with Crippen molar-refractivity contribution < 1.29 is 8.42 Å². The summed E-state index contributed by atoms with van der Waals surface area (Å²) in [4.78, 5) is 10.6. The number of primary sulfonamides is 1. The Balaban J connectivity index is 1.83. The van der Waals surface area contributed by atoms with Crippen molar-refractivity contribution in [1.82, 2.24) is 9.97 Å². The number of hydrogen-bond donors (Lipinski definition) is 3. The van der Waals surface area contributed by atoms with E-state index in [1.165, 1.54) is 12.1 Å². The van der Waals surface area contributed by atoms with E-state index >= 15 is 0 Å². The van der Waals surface area contributed by atoms with Gasteiger partial charge in [0.1, 0.15) is 5.82 Å². The standard InChI is InChI=1S/C18H20N6O2S/c1-20-13-6-8-15(9-7-13)24(2)17-10-11-21-18(23-17)22-14-4-3-5-16(12-14)27(19,25)26/h3-12,20H,1-2H3,(H2,19,25,26)(H,21,22,23). The van der Waals surface area contributed by atoms with Crippen LogP contribution in [0.3, 0.4) is 0 Å². The van der Waals surface area contributed by atoms with E-state index in [0.717, 1.165) is 11.4 Å². The van der Waals surface area contributed by atoms with Crippen LogP contribution in [0.25, 0.3) is 0 Å². The third-order valence-corrected chi connectivity index (χ3v) is 4.86. The second-order valence-electron chi connectivity index (χ2n) is 5.79. The van der Waals surface area contributed by atoms with Crippen LogP contribution in [0, 0.1) is 0 Å². The number of aromatic nitrogens is 2. The predicted octanol–water partition coefficient (Wildman–Crippen LogP) is 2.68. The van der Waals surface area contributed by atoms with Crippen molar-refractivity contribution >= 4 is 38.9 Å². The van der Waals surface area contributed by atoms with Gasteiger partial charge in [-0.25, -0.2) is 18.5 Å². The monoisotopic (exact) mass is 384 g/mol. The van der Waals surface area contributed by atoms with Gasteiger partial charge in [0.05, 0.1) is 4.90 Å². The molecule has 0 saturated heterocycles. The molecule has 27 heavy (non-hydrogen) atoms. The molecule has 0 unspecified atom stereocenters. The third-order valence-electron chi connectivity index (χ3n) is 3.95. The highest BCUT2D eigenvalue weighted by molar-refractivity contribution is 7.89. The first kappa shape index (κ1) is 18.6. The molecule has 1 heterocycles. The molecule has 0 spiro atoms. The van der Waals surface area contributed by atoms with E-state index in [-0.39, 0.29) is 4.90 Å². The van der Waals surface area contributed by atoms with Gasteiger partial charge in [-0.05, 0) is 48.5 Å². The van der Waals surface area contributed by atoms with Gasteiger partial charge < -0.3 is 15.5 Å². The number of nitrogens with two attached hydrogens (primary N) is 1. The van der Waals surface area contributed by atoms with Crippen molar-refractivity contribution in [3.8, 4) is 0 Å². The highest BCUT2D eigenvalue weighted by atomic mass is 32.2. The number of sulfonamides is 1. The fourth-order valence-electron chi connectivity index (χ4n) is 2.46. The van der Waals surface area contributed by atoms with Crippen molar-refractivity contribution in [1.29, 1.82) is 0 Å². The molecule has 4 N–H and O–H groups in total. The van der Waals surface area contributed by atoms with Crippen LogP contribution >= 0.6 is 0 Å². The Kier molecular flexibility index (Phi) is 5.24. The van der Waals surface area contributed by atoms with Crippen LogP contribution in [0.5, 0.6) is 0 Å². The first-order valence-electron chi connectivity index (χ1n) is 8.11. The van der Waals surface area contributed by atoms with Crippen LogP contribution in [-0.2, 0) is 10.0 Å². The second-order valence-corrected chi connectivity index (χ2v) is 7.35. The van der Waals surface area contributed by atoms with Crippen molar-refractivity contribution in [3.05, 3.63) is 60.8 Å². The van der Waals surface area contributed by atoms with E-state index in [4.69, 9.17) is 5.14 Å². The molecule has 1 aromatic heterocycles. The number of rotatable bonds is 6. The van der Waals surface area contributed by atoms with Crippen LogP contribution in [0.2, 0.25) is 0 Å². The minimum absolute atomic E-state index is 0.0189. The fraction of sp³-hybridized carbons (Fsp3) is 0.111. The van der Waals surface area contributed by atoms with E-state index in [1.54, 1.807) is 24.4 Å². The van der Waals surface area contributed by atoms with Gasteiger partial charge in [0, 0.05) is 37.4 Å². The van der Waals surface area contributed by atoms with Crippen molar-refractivity contribution in [2.24, 2.45) is 5.14 Å². The average Bonchev–Trinajstić information content (AvgIpc) is 2.67. The molecule has 0 atom stereocenters. The van der Waals surface area contributed by atoms with Crippen LogP contribution in [0.15, 0.2) is 65.7 Å². The lowest BCUT2D eigenvalue weighted by atomic mass is 10.2. The van der Waals surface area contributed by atoms with E-state index in [2.05, 4.69) is 20.6 Å². The van der Waals surface area contributed by atoms with E-state index in [0.29, 0.717) is 17.5 Å². The van der Waals surface area contributed by atoms with Gasteiger partial charge in [0.15, 0.2) is 0 Å². The first-order chi connectivity index (χ1) is 12.9. The minimum atomic E-state index is -3.78. The normalized spacial score (nSPS) is 11.1. The third kappa shape index (κ3) is 4.52. The SMILES string of the molecule is CNc1ccc(N(C)c2ccnc(Nc3cccc(S(N)(=O)=O)c3)n2)cc1. The second kappa shape index (κ2) is 7.60. The Morgan fingerprint density at radius 3 is 2.44 bits per heavy atom. The lowest BCUT2D eigenvalue weighted by molar-refractivity contribution is 0.598.